The predicted octanol–water partition coefficient (Wildman–Crippen LogP) is 3.26. The molecule has 90 valence electrons. The molecular formula is C11H11BrN2O2S. The van der Waals surface area contributed by atoms with Crippen molar-refractivity contribution in [2.24, 2.45) is 0 Å². The third-order valence-corrected chi connectivity index (χ3v) is 3.49. The van der Waals surface area contributed by atoms with Crippen LogP contribution in [-0.4, -0.2) is 24.2 Å². The molecule has 0 aliphatic heterocycles. The molecule has 0 radical (unpaired) electrons. The van der Waals surface area contributed by atoms with Crippen molar-refractivity contribution in [3.05, 3.63) is 34.0 Å². The molecule has 0 aromatic carbocycles. The van der Waals surface area contributed by atoms with Crippen LogP contribution in [0.1, 0.15) is 12.0 Å². The van der Waals surface area contributed by atoms with Crippen LogP contribution < -0.4 is 0 Å². The molecule has 0 aliphatic rings. The Balaban J connectivity index is 2.29. The van der Waals surface area contributed by atoms with Gasteiger partial charge in [-0.2, -0.15) is 0 Å². The molecule has 4 nitrogen and oxygen atoms in total. The number of halogens is 1. The van der Waals surface area contributed by atoms with Gasteiger partial charge in [0.1, 0.15) is 10.7 Å². The molecule has 2 heterocycles. The van der Waals surface area contributed by atoms with Gasteiger partial charge in [-0.25, -0.2) is 4.98 Å². The average Bonchev–Trinajstić information content (AvgIpc) is 2.80. The molecular weight excluding hydrogens is 304 g/mol. The van der Waals surface area contributed by atoms with Crippen molar-refractivity contribution in [1.29, 1.82) is 0 Å². The Hall–Kier alpha value is -0.820. The van der Waals surface area contributed by atoms with E-state index in [1.807, 2.05) is 11.4 Å². The van der Waals surface area contributed by atoms with E-state index < -0.39 is 6.29 Å². The SMILES string of the molecule is COC(OC)c1csc(-c2cncc(Br)c2)n1. The zero-order valence-corrected chi connectivity index (χ0v) is 11.8. The molecule has 0 spiro atoms. The van der Waals surface area contributed by atoms with Gasteiger partial charge in [0.05, 0.1) is 0 Å². The van der Waals surface area contributed by atoms with Crippen LogP contribution in [0.15, 0.2) is 28.3 Å². The first-order chi connectivity index (χ1) is 8.24. The van der Waals surface area contributed by atoms with Crippen molar-refractivity contribution in [3.8, 4) is 10.6 Å². The fraction of sp³-hybridized carbons (Fsp3) is 0.273. The van der Waals surface area contributed by atoms with Crippen LogP contribution in [0.25, 0.3) is 10.6 Å². The highest BCUT2D eigenvalue weighted by molar-refractivity contribution is 9.10. The third kappa shape index (κ3) is 2.90. The summed E-state index contributed by atoms with van der Waals surface area (Å²) < 4.78 is 11.2. The Bertz CT molecular complexity index is 500. The summed E-state index contributed by atoms with van der Waals surface area (Å²) in [5.41, 5.74) is 1.75. The lowest BCUT2D eigenvalue weighted by Gasteiger charge is -2.09. The van der Waals surface area contributed by atoms with E-state index in [1.54, 1.807) is 26.6 Å². The monoisotopic (exact) mass is 314 g/mol. The maximum absolute atomic E-state index is 5.16. The summed E-state index contributed by atoms with van der Waals surface area (Å²) in [5.74, 6) is 0. The summed E-state index contributed by atoms with van der Waals surface area (Å²) in [4.78, 5) is 8.58. The van der Waals surface area contributed by atoms with E-state index in [0.717, 1.165) is 20.7 Å². The number of hydrogen-bond acceptors (Lipinski definition) is 5. The van der Waals surface area contributed by atoms with E-state index in [9.17, 15) is 0 Å². The van der Waals surface area contributed by atoms with Crippen molar-refractivity contribution < 1.29 is 9.47 Å². The van der Waals surface area contributed by atoms with Crippen molar-refractivity contribution >= 4 is 27.3 Å². The minimum atomic E-state index is -0.417. The van der Waals surface area contributed by atoms with Crippen molar-refractivity contribution in [2.45, 2.75) is 6.29 Å². The average molecular weight is 315 g/mol. The smallest absolute Gasteiger partial charge is 0.201 e. The van der Waals surface area contributed by atoms with Gasteiger partial charge in [-0.15, -0.1) is 11.3 Å². The van der Waals surface area contributed by atoms with Gasteiger partial charge in [0.25, 0.3) is 0 Å². The second-order valence-electron chi connectivity index (χ2n) is 3.27. The molecule has 0 fully saturated rings. The quantitative estimate of drug-likeness (QED) is 0.812. The van der Waals surface area contributed by atoms with Gasteiger partial charge in [0, 0.05) is 42.0 Å². The summed E-state index contributed by atoms with van der Waals surface area (Å²) in [6.07, 6.45) is 3.10. The van der Waals surface area contributed by atoms with Gasteiger partial charge in [-0.3, -0.25) is 4.98 Å². The fourth-order valence-corrected chi connectivity index (χ4v) is 2.56. The van der Waals surface area contributed by atoms with Crippen molar-refractivity contribution in [3.63, 3.8) is 0 Å². The van der Waals surface area contributed by atoms with Crippen LogP contribution in [0.2, 0.25) is 0 Å². The number of aromatic nitrogens is 2. The number of ether oxygens (including phenoxy) is 2. The van der Waals surface area contributed by atoms with Gasteiger partial charge in [-0.05, 0) is 22.0 Å². The highest BCUT2D eigenvalue weighted by atomic mass is 79.9. The van der Waals surface area contributed by atoms with Gasteiger partial charge in [0.2, 0.25) is 6.29 Å². The Morgan fingerprint density at radius 3 is 2.71 bits per heavy atom. The largest absolute Gasteiger partial charge is 0.350 e. The lowest BCUT2D eigenvalue weighted by atomic mass is 10.3. The molecule has 0 saturated carbocycles. The number of rotatable bonds is 4. The summed E-state index contributed by atoms with van der Waals surface area (Å²) in [5, 5.41) is 2.82. The molecule has 6 heteroatoms. The van der Waals surface area contributed by atoms with Crippen LogP contribution in [0.3, 0.4) is 0 Å². The minimum Gasteiger partial charge on any atom is -0.350 e. The molecule has 2 rings (SSSR count). The Morgan fingerprint density at radius 1 is 1.29 bits per heavy atom. The van der Waals surface area contributed by atoms with Crippen molar-refractivity contribution in [1.82, 2.24) is 9.97 Å². The first-order valence-electron chi connectivity index (χ1n) is 4.86. The van der Waals surface area contributed by atoms with Gasteiger partial charge >= 0.3 is 0 Å². The normalized spacial score (nSPS) is 11.1. The number of pyridine rings is 1. The molecule has 0 amide bonds. The highest BCUT2D eigenvalue weighted by Crippen LogP contribution is 2.28. The van der Waals surface area contributed by atoms with Crippen molar-refractivity contribution in [2.75, 3.05) is 14.2 Å². The van der Waals surface area contributed by atoms with E-state index in [0.29, 0.717) is 0 Å². The number of nitrogens with zero attached hydrogens (tertiary/aromatic N) is 2. The van der Waals surface area contributed by atoms with Gasteiger partial charge in [-0.1, -0.05) is 0 Å². The predicted molar refractivity (Wildman–Crippen MR) is 69.8 cm³/mol. The third-order valence-electron chi connectivity index (χ3n) is 2.14. The summed E-state index contributed by atoms with van der Waals surface area (Å²) in [6.45, 7) is 0. The molecule has 0 saturated heterocycles. The first kappa shape index (κ1) is 12.6. The zero-order chi connectivity index (χ0) is 12.3. The van der Waals surface area contributed by atoms with E-state index in [-0.39, 0.29) is 0 Å². The van der Waals surface area contributed by atoms with E-state index in [4.69, 9.17) is 9.47 Å². The number of hydrogen-bond donors (Lipinski definition) is 0. The lowest BCUT2D eigenvalue weighted by Crippen LogP contribution is -2.03. The van der Waals surface area contributed by atoms with E-state index in [2.05, 4.69) is 25.9 Å². The maximum Gasteiger partial charge on any atom is 0.201 e. The van der Waals surface area contributed by atoms with Crippen LogP contribution >= 0.6 is 27.3 Å². The molecule has 0 N–H and O–H groups in total. The standard InChI is InChI=1S/C11H11BrN2O2S/c1-15-11(16-2)9-6-17-10(14-9)7-3-8(12)5-13-4-7/h3-6,11H,1-2H3. The van der Waals surface area contributed by atoms with Crippen LogP contribution in [0.5, 0.6) is 0 Å². The highest BCUT2D eigenvalue weighted by Gasteiger charge is 2.14. The fourth-order valence-electron chi connectivity index (χ4n) is 1.39. The first-order valence-corrected chi connectivity index (χ1v) is 6.54. The van der Waals surface area contributed by atoms with E-state index >= 15 is 0 Å². The topological polar surface area (TPSA) is 44.2 Å². The Morgan fingerprint density at radius 2 is 2.06 bits per heavy atom. The second-order valence-corrected chi connectivity index (χ2v) is 5.05. The Labute approximate surface area is 112 Å². The van der Waals surface area contributed by atoms with Crippen LogP contribution in [-0.2, 0) is 9.47 Å². The molecule has 2 aromatic heterocycles. The van der Waals surface area contributed by atoms with Crippen LogP contribution in [0.4, 0.5) is 0 Å². The Kier molecular flexibility index (Phi) is 4.22. The molecule has 0 aliphatic carbocycles. The summed E-state index contributed by atoms with van der Waals surface area (Å²) >= 11 is 4.93. The maximum atomic E-state index is 5.16. The minimum absolute atomic E-state index is 0.417. The molecule has 0 unspecified atom stereocenters. The van der Waals surface area contributed by atoms with Gasteiger partial charge < -0.3 is 9.47 Å². The molecule has 2 aromatic rings. The van der Waals surface area contributed by atoms with Gasteiger partial charge in [0.15, 0.2) is 0 Å². The molecule has 17 heavy (non-hydrogen) atoms. The molecule has 0 bridgehead atoms. The van der Waals surface area contributed by atoms with Crippen LogP contribution in [0, 0.1) is 0 Å². The number of methoxy groups -OCH3 is 2. The summed E-state index contributed by atoms with van der Waals surface area (Å²) in [7, 11) is 3.18. The second kappa shape index (κ2) is 5.68. The summed E-state index contributed by atoms with van der Waals surface area (Å²) in [6, 6.07) is 1.98. The number of thiazole rings is 1. The zero-order valence-electron chi connectivity index (χ0n) is 9.38. The molecule has 0 atom stereocenters. The van der Waals surface area contributed by atoms with E-state index in [1.165, 1.54) is 11.3 Å². The lowest BCUT2D eigenvalue weighted by molar-refractivity contribution is -0.108.